The van der Waals surface area contributed by atoms with E-state index in [1.54, 1.807) is 0 Å². The van der Waals surface area contributed by atoms with Gasteiger partial charge in [-0.15, -0.1) is 0 Å². The molecule has 0 unspecified atom stereocenters. The van der Waals surface area contributed by atoms with Crippen molar-refractivity contribution in [3.8, 4) is 0 Å². The van der Waals surface area contributed by atoms with E-state index in [1.807, 2.05) is 0 Å². The van der Waals surface area contributed by atoms with E-state index in [1.165, 1.54) is 13.8 Å². The zero-order valence-corrected chi connectivity index (χ0v) is 8.28. The van der Waals surface area contributed by atoms with Crippen LogP contribution in [0.3, 0.4) is 0 Å². The third-order valence-corrected chi connectivity index (χ3v) is 1.20. The average molecular weight is 235 g/mol. The molecule has 0 saturated carbocycles. The molecule has 0 saturated heterocycles. The van der Waals surface area contributed by atoms with Crippen LogP contribution in [0.25, 0.3) is 0 Å². The zero-order valence-electron chi connectivity index (χ0n) is 8.28. The third-order valence-electron chi connectivity index (χ3n) is 1.20. The monoisotopic (exact) mass is 235 g/mol. The molecule has 0 spiro atoms. The molecule has 0 aliphatic carbocycles. The molecule has 0 aliphatic heterocycles. The minimum Gasteiger partial charge on any atom is -0.366 e. The summed E-state index contributed by atoms with van der Waals surface area (Å²) in [6, 6.07) is 0. The molecule has 0 aromatic carbocycles. The molecule has 0 fully saturated rings. The topological polar surface area (TPSA) is 18.5 Å². The van der Waals surface area contributed by atoms with E-state index >= 15 is 0 Å². The van der Waals surface area contributed by atoms with E-state index < -0.39 is 31.4 Å². The number of halogens is 5. The molecule has 0 atom stereocenters. The average Bonchev–Trinajstić information content (AvgIpc) is 1.99. The van der Waals surface area contributed by atoms with Crippen LogP contribution in [0.2, 0.25) is 0 Å². The predicted molar refractivity (Wildman–Crippen MR) is 42.3 cm³/mol. The predicted octanol–water partition coefficient (Wildman–Crippen LogP) is 2.79. The molecule has 0 bridgehead atoms. The van der Waals surface area contributed by atoms with E-state index in [9.17, 15) is 22.0 Å². The first-order chi connectivity index (χ1) is 6.62. The number of ether oxygens (including phenoxy) is 2. The highest BCUT2D eigenvalue weighted by molar-refractivity contribution is 4.79. The Morgan fingerprint density at radius 2 is 1.73 bits per heavy atom. The van der Waals surface area contributed by atoms with Gasteiger partial charge in [-0.2, -0.15) is 13.2 Å². The summed E-state index contributed by atoms with van der Waals surface area (Å²) in [6.07, 6.45) is -7.12. The summed E-state index contributed by atoms with van der Waals surface area (Å²) in [6.45, 7) is 1.08. The second-order valence-corrected chi connectivity index (χ2v) is 3.35. The molecule has 0 aromatic rings. The number of hydrogen-bond donors (Lipinski definition) is 0. The summed E-state index contributed by atoms with van der Waals surface area (Å²) in [7, 11) is 0. The van der Waals surface area contributed by atoms with E-state index in [4.69, 9.17) is 0 Å². The molecular weight excluding hydrogens is 223 g/mol. The van der Waals surface area contributed by atoms with E-state index in [-0.39, 0.29) is 0 Å². The number of alkyl halides is 5. The highest BCUT2D eigenvalue weighted by Crippen LogP contribution is 2.21. The van der Waals surface area contributed by atoms with Crippen LogP contribution >= 0.6 is 0 Å². The molecule has 91 valence electrons. The van der Waals surface area contributed by atoms with Crippen molar-refractivity contribution in [1.82, 2.24) is 0 Å². The summed E-state index contributed by atoms with van der Waals surface area (Å²) in [5.41, 5.74) is -1.36. The van der Waals surface area contributed by atoms with E-state index in [2.05, 4.69) is 9.47 Å². The van der Waals surface area contributed by atoms with Gasteiger partial charge in [-0.1, -0.05) is 0 Å². The summed E-state index contributed by atoms with van der Waals surface area (Å²) in [5, 5.41) is 0. The molecule has 1 radical (unpaired) electrons. The van der Waals surface area contributed by atoms with Crippen LogP contribution in [0.1, 0.15) is 13.8 Å². The van der Waals surface area contributed by atoms with Gasteiger partial charge in [-0.25, -0.2) is 8.78 Å². The van der Waals surface area contributed by atoms with Crippen molar-refractivity contribution in [3.63, 3.8) is 0 Å². The molecule has 7 heteroatoms. The standard InChI is InChI=1S/C8H12F5O2/c1-7(2,4-14-3-6(9)10)15-5-8(11,12)13/h4,6H,3,5H2,1-2H3. The number of rotatable bonds is 6. The highest BCUT2D eigenvalue weighted by atomic mass is 19.4. The van der Waals surface area contributed by atoms with Crippen molar-refractivity contribution < 1.29 is 31.4 Å². The molecule has 0 heterocycles. The van der Waals surface area contributed by atoms with Crippen LogP contribution in [-0.4, -0.2) is 31.4 Å². The molecule has 0 aromatic heterocycles. The van der Waals surface area contributed by atoms with Crippen LogP contribution < -0.4 is 0 Å². The molecule has 0 rings (SSSR count). The van der Waals surface area contributed by atoms with E-state index in [0.717, 1.165) is 6.61 Å². The lowest BCUT2D eigenvalue weighted by Gasteiger charge is -2.24. The van der Waals surface area contributed by atoms with Gasteiger partial charge in [0.2, 0.25) is 0 Å². The zero-order chi connectivity index (χ0) is 12.1. The van der Waals surface area contributed by atoms with Crippen LogP contribution in [0.4, 0.5) is 22.0 Å². The molecular formula is C8H12F5O2. The minimum atomic E-state index is -4.45. The first-order valence-corrected chi connectivity index (χ1v) is 4.07. The van der Waals surface area contributed by atoms with Crippen molar-refractivity contribution in [2.24, 2.45) is 0 Å². The Kier molecular flexibility index (Phi) is 5.44. The van der Waals surface area contributed by atoms with Crippen LogP contribution in [0.5, 0.6) is 0 Å². The maximum atomic E-state index is 11.7. The first kappa shape index (κ1) is 14.6. The second kappa shape index (κ2) is 5.60. The van der Waals surface area contributed by atoms with Gasteiger partial charge >= 0.3 is 6.18 Å². The molecule has 0 amide bonds. The Hall–Kier alpha value is -0.430. The molecule has 0 aliphatic rings. The van der Waals surface area contributed by atoms with Crippen molar-refractivity contribution >= 4 is 0 Å². The Bertz CT molecular complexity index is 178. The lowest BCUT2D eigenvalue weighted by atomic mass is 10.1. The van der Waals surface area contributed by atoms with Gasteiger partial charge in [0.05, 0.1) is 5.60 Å². The molecule has 0 N–H and O–H groups in total. The lowest BCUT2D eigenvalue weighted by molar-refractivity contribution is -0.201. The fourth-order valence-electron chi connectivity index (χ4n) is 0.623. The van der Waals surface area contributed by atoms with Crippen LogP contribution in [-0.2, 0) is 9.47 Å². The van der Waals surface area contributed by atoms with Gasteiger partial charge in [0.1, 0.15) is 19.8 Å². The third kappa shape index (κ3) is 9.86. The summed E-state index contributed by atoms with van der Waals surface area (Å²) in [5.74, 6) is 0. The van der Waals surface area contributed by atoms with Crippen LogP contribution in [0.15, 0.2) is 0 Å². The summed E-state index contributed by atoms with van der Waals surface area (Å²) < 4.78 is 67.2. The first-order valence-electron chi connectivity index (χ1n) is 4.07. The SMILES string of the molecule is CC(C)([CH]OCC(F)F)OCC(F)(F)F. The Morgan fingerprint density at radius 1 is 1.20 bits per heavy atom. The fourth-order valence-corrected chi connectivity index (χ4v) is 0.623. The summed E-state index contributed by atoms with van der Waals surface area (Å²) >= 11 is 0. The summed E-state index contributed by atoms with van der Waals surface area (Å²) in [4.78, 5) is 0. The Labute approximate surface area is 84.3 Å². The number of hydrogen-bond acceptors (Lipinski definition) is 2. The van der Waals surface area contributed by atoms with Crippen molar-refractivity contribution in [1.29, 1.82) is 0 Å². The molecule has 15 heavy (non-hydrogen) atoms. The maximum absolute atomic E-state index is 11.7. The molecule has 2 nitrogen and oxygen atoms in total. The largest absolute Gasteiger partial charge is 0.411 e. The smallest absolute Gasteiger partial charge is 0.366 e. The maximum Gasteiger partial charge on any atom is 0.411 e. The van der Waals surface area contributed by atoms with Crippen molar-refractivity contribution in [2.75, 3.05) is 13.2 Å². The van der Waals surface area contributed by atoms with Gasteiger partial charge in [0.15, 0.2) is 0 Å². The second-order valence-electron chi connectivity index (χ2n) is 3.35. The van der Waals surface area contributed by atoms with Gasteiger partial charge in [0.25, 0.3) is 6.43 Å². The Balaban J connectivity index is 3.77. The Morgan fingerprint density at radius 3 is 2.13 bits per heavy atom. The minimum absolute atomic E-state index is 0.824. The van der Waals surface area contributed by atoms with Gasteiger partial charge < -0.3 is 9.47 Å². The lowest BCUT2D eigenvalue weighted by Crippen LogP contribution is -2.32. The fraction of sp³-hybridized carbons (Fsp3) is 0.875. The van der Waals surface area contributed by atoms with E-state index in [0.29, 0.717) is 0 Å². The van der Waals surface area contributed by atoms with Gasteiger partial charge in [-0.05, 0) is 13.8 Å². The van der Waals surface area contributed by atoms with Gasteiger partial charge in [-0.3, -0.25) is 0 Å². The quantitative estimate of drug-likeness (QED) is 0.659. The van der Waals surface area contributed by atoms with Crippen molar-refractivity contribution in [3.05, 3.63) is 6.61 Å². The van der Waals surface area contributed by atoms with Crippen LogP contribution in [0, 0.1) is 6.61 Å². The highest BCUT2D eigenvalue weighted by Gasteiger charge is 2.32. The van der Waals surface area contributed by atoms with Crippen molar-refractivity contribution in [2.45, 2.75) is 32.1 Å². The normalized spacial score (nSPS) is 13.6. The van der Waals surface area contributed by atoms with Gasteiger partial charge in [0, 0.05) is 0 Å².